The average Bonchev–Trinajstić information content (AvgIpc) is 3.38. The Morgan fingerprint density at radius 3 is 1.11 bits per heavy atom. The molecule has 0 fully saturated rings. The van der Waals surface area contributed by atoms with Crippen molar-refractivity contribution in [2.45, 2.75) is 37.5 Å². The summed E-state index contributed by atoms with van der Waals surface area (Å²) in [4.78, 5) is 45.5. The van der Waals surface area contributed by atoms with Gasteiger partial charge >= 0.3 is 11.9 Å². The molecule has 0 saturated heterocycles. The molecule has 0 amide bonds. The number of hydrogen-bond acceptors (Lipinski definition) is 8. The second-order valence-corrected chi connectivity index (χ2v) is 18.3. The van der Waals surface area contributed by atoms with E-state index in [0.717, 1.165) is 33.4 Å². The van der Waals surface area contributed by atoms with Crippen molar-refractivity contribution >= 4 is 46.6 Å². The Bertz CT molecular complexity index is 3260. The maximum Gasteiger partial charge on any atom is 0.307 e. The number of carbonyl (C=O) groups is 2. The molecule has 0 aliphatic rings. The molecule has 2 aromatic heterocycles. The lowest BCUT2D eigenvalue weighted by Crippen LogP contribution is -2.18. The van der Waals surface area contributed by atoms with Crippen molar-refractivity contribution < 1.29 is 39.0 Å². The zero-order valence-corrected chi connectivity index (χ0v) is 41.4. The maximum atomic E-state index is 15.1. The smallest absolute Gasteiger partial charge is 0.307 e. The minimum absolute atomic E-state index is 0.0438. The van der Waals surface area contributed by atoms with Crippen LogP contribution in [0.15, 0.2) is 190 Å². The first-order valence-electron chi connectivity index (χ1n) is 23.0. The summed E-state index contributed by atoms with van der Waals surface area (Å²) in [6, 6.07) is 44.6. The normalized spacial score (nSPS) is 12.4. The number of halogens is 4. The number of nitrogens with zero attached hydrogens (tertiary/aromatic N) is 4. The van der Waals surface area contributed by atoms with Crippen LogP contribution in [0.1, 0.15) is 69.2 Å². The third-order valence-electron chi connectivity index (χ3n) is 12.5. The molecule has 74 heavy (non-hydrogen) atoms. The van der Waals surface area contributed by atoms with Crippen LogP contribution in [0.25, 0.3) is 22.3 Å². The molecule has 8 rings (SSSR count). The first kappa shape index (κ1) is 53.3. The number of carboxylic acids is 2. The lowest BCUT2D eigenvalue weighted by Gasteiger charge is -2.20. The number of aliphatic carboxylic acids is 2. The number of rotatable bonds is 16. The fraction of sp³-hybridized carbons (Fsp3) is 0.138. The Hall–Kier alpha value is -8.46. The Balaban J connectivity index is 0.000000216. The third-order valence-corrected chi connectivity index (χ3v) is 12.9. The van der Waals surface area contributed by atoms with Gasteiger partial charge in [0, 0.05) is 84.5 Å². The van der Waals surface area contributed by atoms with Crippen molar-refractivity contribution in [2.24, 2.45) is 24.4 Å². The van der Waals surface area contributed by atoms with Gasteiger partial charge in [-0.2, -0.15) is 0 Å². The maximum absolute atomic E-state index is 15.1. The fourth-order valence-electron chi connectivity index (χ4n) is 8.53. The molecule has 0 unspecified atom stereocenters. The second-order valence-electron chi connectivity index (χ2n) is 17.5. The lowest BCUT2D eigenvalue weighted by molar-refractivity contribution is -0.137. The number of pyridine rings is 2. The van der Waals surface area contributed by atoms with Crippen LogP contribution in [0.5, 0.6) is 0 Å². The van der Waals surface area contributed by atoms with E-state index >= 15 is 8.78 Å². The van der Waals surface area contributed by atoms with Gasteiger partial charge < -0.3 is 29.8 Å². The summed E-state index contributed by atoms with van der Waals surface area (Å²) >= 11 is 12.0. The molecular weight excluding hydrogens is 990 g/mol. The van der Waals surface area contributed by atoms with Gasteiger partial charge in [-0.3, -0.25) is 19.2 Å². The van der Waals surface area contributed by atoms with Crippen molar-refractivity contribution in [3.8, 4) is 22.3 Å². The number of carboxylic acid groups (broad SMARTS) is 2. The summed E-state index contributed by atoms with van der Waals surface area (Å²) in [7, 11) is 3.20. The highest BCUT2D eigenvalue weighted by Gasteiger charge is 2.24. The van der Waals surface area contributed by atoms with Gasteiger partial charge in [0.15, 0.2) is 0 Å². The molecular formula is C58H48Cl2F2N4O8. The van der Waals surface area contributed by atoms with Crippen LogP contribution in [-0.2, 0) is 36.5 Å². The summed E-state index contributed by atoms with van der Waals surface area (Å²) in [6.45, 7) is 0. The number of benzene rings is 6. The molecule has 6 aromatic carbocycles. The van der Waals surface area contributed by atoms with Crippen molar-refractivity contribution in [1.29, 1.82) is 0 Å². The van der Waals surface area contributed by atoms with E-state index < -0.39 is 35.4 Å². The Morgan fingerprint density at radius 2 is 0.824 bits per heavy atom. The molecule has 8 aromatic rings. The van der Waals surface area contributed by atoms with Crippen molar-refractivity contribution in [2.75, 3.05) is 0 Å². The van der Waals surface area contributed by atoms with Gasteiger partial charge in [-0.15, -0.1) is 0 Å². The summed E-state index contributed by atoms with van der Waals surface area (Å²) in [6.07, 6.45) is 3.39. The van der Waals surface area contributed by atoms with Crippen molar-refractivity contribution in [1.82, 2.24) is 9.13 Å². The first-order valence-corrected chi connectivity index (χ1v) is 23.7. The molecule has 0 spiro atoms. The SMILES string of the molecule is Cn1cc(/C(C[C@@H](c2ccc(-c3ccc(CC(=O)O)cc3)cc2)c2ccc(Cl)cc2F)=N/O)ccc1=O.Cn1cc(/C(C[C@H](c2ccc(-c3ccc(CC(=O)O)cc3)cc2)c2ccc(Cl)cc2F)=N/O)ccc1=O. The molecule has 2 atom stereocenters. The van der Waals surface area contributed by atoms with Crippen LogP contribution in [0.3, 0.4) is 0 Å². The number of hydrogen-bond donors (Lipinski definition) is 4. The molecule has 376 valence electrons. The van der Waals surface area contributed by atoms with Gasteiger partial charge in [-0.25, -0.2) is 8.78 Å². The van der Waals surface area contributed by atoms with Gasteiger partial charge in [0.25, 0.3) is 0 Å². The predicted molar refractivity (Wildman–Crippen MR) is 282 cm³/mol. The van der Waals surface area contributed by atoms with E-state index in [-0.39, 0.29) is 46.8 Å². The van der Waals surface area contributed by atoms with Crippen LogP contribution in [-0.4, -0.2) is 53.1 Å². The molecule has 0 aliphatic heterocycles. The summed E-state index contributed by atoms with van der Waals surface area (Å²) in [5, 5.41) is 45.1. The molecule has 2 heterocycles. The van der Waals surface area contributed by atoms with E-state index in [1.807, 2.05) is 72.8 Å². The van der Waals surface area contributed by atoms with E-state index in [2.05, 4.69) is 10.3 Å². The van der Waals surface area contributed by atoms with E-state index in [1.54, 1.807) is 87.2 Å². The van der Waals surface area contributed by atoms with E-state index in [0.29, 0.717) is 44.8 Å². The van der Waals surface area contributed by atoms with Crippen molar-refractivity contribution in [3.63, 3.8) is 0 Å². The van der Waals surface area contributed by atoms with Gasteiger partial charge in [0.05, 0.1) is 24.3 Å². The Labute approximate surface area is 434 Å². The molecule has 0 radical (unpaired) electrons. The van der Waals surface area contributed by atoms with Gasteiger partial charge in [-0.1, -0.05) is 143 Å². The highest BCUT2D eigenvalue weighted by atomic mass is 35.5. The van der Waals surface area contributed by atoms with Crippen molar-refractivity contribution in [3.05, 3.63) is 257 Å². The molecule has 0 aliphatic carbocycles. The molecule has 12 nitrogen and oxygen atoms in total. The molecule has 0 bridgehead atoms. The zero-order chi connectivity index (χ0) is 53.1. The van der Waals surface area contributed by atoms with Gasteiger partial charge in [-0.05, 0) is 92.0 Å². The number of oxime groups is 2. The van der Waals surface area contributed by atoms with E-state index in [4.69, 9.17) is 33.4 Å². The van der Waals surface area contributed by atoms with E-state index in [9.17, 15) is 29.6 Å². The standard InChI is InChI=1S/2C29H24ClFN2O4/c2*1-33-17-22(10-13-28(33)34)27(32-37)16-25(24-12-11-23(30)15-26(24)31)21-8-6-20(7-9-21)19-4-2-18(3-5-19)14-29(35)36/h2*2-13,15,17,25,37H,14,16H2,1H3,(H,35,36)/b2*32-27+/t2*25-/m10/s1. The largest absolute Gasteiger partial charge is 0.481 e. The molecule has 0 saturated carbocycles. The lowest BCUT2D eigenvalue weighted by atomic mass is 9.84. The minimum atomic E-state index is -0.888. The number of aromatic nitrogens is 2. The monoisotopic (exact) mass is 1040 g/mol. The highest BCUT2D eigenvalue weighted by Crippen LogP contribution is 2.36. The molecule has 4 N–H and O–H groups in total. The quantitative estimate of drug-likeness (QED) is 0.0419. The molecule has 16 heteroatoms. The van der Waals surface area contributed by atoms with Gasteiger partial charge in [0.1, 0.15) is 11.6 Å². The average molecular weight is 1040 g/mol. The van der Waals surface area contributed by atoms with Crippen LogP contribution in [0.4, 0.5) is 8.78 Å². The van der Waals surface area contributed by atoms with Crippen LogP contribution in [0.2, 0.25) is 10.0 Å². The minimum Gasteiger partial charge on any atom is -0.481 e. The topological polar surface area (TPSA) is 184 Å². The Morgan fingerprint density at radius 1 is 0.500 bits per heavy atom. The van der Waals surface area contributed by atoms with E-state index in [1.165, 1.54) is 33.4 Å². The first-order chi connectivity index (χ1) is 35.5. The highest BCUT2D eigenvalue weighted by molar-refractivity contribution is 6.30. The Kier molecular flexibility index (Phi) is 17.5. The van der Waals surface area contributed by atoms with Gasteiger partial charge in [0.2, 0.25) is 11.1 Å². The summed E-state index contributed by atoms with van der Waals surface area (Å²) in [5.41, 5.74) is 8.71. The fourth-order valence-corrected chi connectivity index (χ4v) is 8.84. The predicted octanol–water partition coefficient (Wildman–Crippen LogP) is 11.7. The number of aryl methyl sites for hydroxylation is 2. The van der Waals surface area contributed by atoms with Crippen LogP contribution < -0.4 is 11.1 Å². The summed E-state index contributed by atoms with van der Waals surface area (Å²) < 4.78 is 32.9. The summed E-state index contributed by atoms with van der Waals surface area (Å²) in [5.74, 6) is -3.75. The van der Waals surface area contributed by atoms with Crippen LogP contribution in [0, 0.1) is 11.6 Å². The third kappa shape index (κ3) is 13.5. The second kappa shape index (κ2) is 24.3. The zero-order valence-electron chi connectivity index (χ0n) is 39.9. The van der Waals surface area contributed by atoms with Crippen LogP contribution >= 0.6 is 23.2 Å².